The molecule has 1 saturated carbocycles. The van der Waals surface area contributed by atoms with Crippen molar-refractivity contribution < 1.29 is 76.1 Å². The summed E-state index contributed by atoms with van der Waals surface area (Å²) in [4.78, 5) is 12.2. The van der Waals surface area contributed by atoms with Crippen LogP contribution in [0.4, 0.5) is 61.5 Å². The van der Waals surface area contributed by atoms with E-state index in [4.69, 9.17) is 5.11 Å². The Hall–Kier alpha value is -1.81. The first kappa shape index (κ1) is 28.4. The largest absolute Gasteiger partial charge is 0.453 e. The molecule has 0 spiro atoms. The van der Waals surface area contributed by atoms with Crippen LogP contribution in [0, 0.1) is 17.8 Å². The van der Waals surface area contributed by atoms with Crippen LogP contribution in [0.15, 0.2) is 12.2 Å². The minimum Gasteiger partial charge on any atom is -0.449 e. The zero-order valence-corrected chi connectivity index (χ0v) is 16.2. The van der Waals surface area contributed by atoms with Crippen molar-refractivity contribution in [3.05, 3.63) is 12.2 Å². The molecule has 3 nitrogen and oxygen atoms in total. The number of carbonyl (C=O) groups excluding carboxylic acids is 1. The predicted molar refractivity (Wildman–Crippen MR) is 81.2 cm³/mol. The molecule has 0 aromatic carbocycles. The highest BCUT2D eigenvalue weighted by Gasteiger charge is 2.81. The molecule has 2 rings (SSSR count). The van der Waals surface area contributed by atoms with Crippen molar-refractivity contribution in [3.8, 4) is 0 Å². The third kappa shape index (κ3) is 4.67. The van der Waals surface area contributed by atoms with Gasteiger partial charge in [0.15, 0.2) is 0 Å². The number of halogens is 14. The molecule has 17 heteroatoms. The summed E-state index contributed by atoms with van der Waals surface area (Å²) in [6.45, 7) is 0. The molecule has 0 aromatic rings. The van der Waals surface area contributed by atoms with Crippen molar-refractivity contribution in [1.82, 2.24) is 0 Å². The molecule has 0 saturated heterocycles. The van der Waals surface area contributed by atoms with Crippen LogP contribution < -0.4 is 0 Å². The van der Waals surface area contributed by atoms with E-state index in [0.29, 0.717) is 0 Å². The number of hydrogen-bond donors (Lipinski definition) is 1. The standard InChI is InChI=1S/C17H14F14O3/c18-11(19)14(33,17(29,30)31)15(24,25)10(12(20,21)5-13(22,23)16(26,27)28)34-9(32)8-4-6-1-2-7(8)3-6/h1-2,6-8,10-11,33H,3-5H2. The van der Waals surface area contributed by atoms with Gasteiger partial charge in [-0.2, -0.15) is 43.9 Å². The first-order valence-electron chi connectivity index (χ1n) is 9.15. The Balaban J connectivity index is 2.56. The van der Waals surface area contributed by atoms with Crippen LogP contribution in [0.3, 0.4) is 0 Å². The molecule has 2 aliphatic rings. The van der Waals surface area contributed by atoms with E-state index in [1.807, 2.05) is 0 Å². The fourth-order valence-electron chi connectivity index (χ4n) is 3.83. The average molecular weight is 532 g/mol. The molecule has 0 heterocycles. The molecule has 0 aliphatic heterocycles. The lowest BCUT2D eigenvalue weighted by Gasteiger charge is -2.42. The monoisotopic (exact) mass is 532 g/mol. The number of aliphatic hydroxyl groups is 1. The molecule has 0 amide bonds. The number of ether oxygens (including phenoxy) is 1. The van der Waals surface area contributed by atoms with E-state index in [1.54, 1.807) is 0 Å². The summed E-state index contributed by atoms with van der Waals surface area (Å²) in [5, 5.41) is 9.06. The van der Waals surface area contributed by atoms with Gasteiger partial charge in [0.2, 0.25) is 6.10 Å². The molecule has 2 bridgehead atoms. The quantitative estimate of drug-likeness (QED) is 0.254. The van der Waals surface area contributed by atoms with E-state index in [-0.39, 0.29) is 12.8 Å². The predicted octanol–water partition coefficient (Wildman–Crippen LogP) is 5.53. The summed E-state index contributed by atoms with van der Waals surface area (Å²) in [5.74, 6) is -25.0. The van der Waals surface area contributed by atoms with Gasteiger partial charge in [0, 0.05) is 0 Å². The van der Waals surface area contributed by atoms with Gasteiger partial charge in [0.05, 0.1) is 12.3 Å². The molecular weight excluding hydrogens is 518 g/mol. The molecule has 1 N–H and O–H groups in total. The Kier molecular flexibility index (Phi) is 7.02. The zero-order chi connectivity index (χ0) is 26.7. The van der Waals surface area contributed by atoms with Gasteiger partial charge < -0.3 is 9.84 Å². The molecule has 198 valence electrons. The molecule has 0 aromatic heterocycles. The van der Waals surface area contributed by atoms with Crippen molar-refractivity contribution >= 4 is 5.97 Å². The van der Waals surface area contributed by atoms with Crippen LogP contribution in [0.25, 0.3) is 0 Å². The van der Waals surface area contributed by atoms with Gasteiger partial charge in [-0.05, 0) is 24.7 Å². The highest BCUT2D eigenvalue weighted by atomic mass is 19.4. The maximum atomic E-state index is 14.5. The molecule has 1 fully saturated rings. The van der Waals surface area contributed by atoms with Gasteiger partial charge in [-0.1, -0.05) is 12.2 Å². The van der Waals surface area contributed by atoms with Crippen LogP contribution in [0.5, 0.6) is 0 Å². The van der Waals surface area contributed by atoms with Gasteiger partial charge in [-0.3, -0.25) is 4.79 Å². The van der Waals surface area contributed by atoms with E-state index >= 15 is 0 Å². The van der Waals surface area contributed by atoms with Crippen molar-refractivity contribution in [3.63, 3.8) is 0 Å². The highest BCUT2D eigenvalue weighted by Crippen LogP contribution is 2.54. The second-order valence-corrected chi connectivity index (χ2v) is 8.03. The summed E-state index contributed by atoms with van der Waals surface area (Å²) >= 11 is 0. The fraction of sp³-hybridized carbons (Fsp3) is 0.824. The summed E-state index contributed by atoms with van der Waals surface area (Å²) in [7, 11) is 0. The van der Waals surface area contributed by atoms with Gasteiger partial charge in [0.25, 0.3) is 17.9 Å². The van der Waals surface area contributed by atoms with Crippen molar-refractivity contribution in [2.24, 2.45) is 17.8 Å². The average Bonchev–Trinajstić information content (AvgIpc) is 3.25. The Morgan fingerprint density at radius 2 is 1.41 bits per heavy atom. The lowest BCUT2D eigenvalue weighted by atomic mass is 9.85. The Morgan fingerprint density at radius 3 is 1.76 bits per heavy atom. The molecule has 0 radical (unpaired) electrons. The van der Waals surface area contributed by atoms with Crippen LogP contribution in [-0.2, 0) is 9.53 Å². The maximum Gasteiger partial charge on any atom is 0.453 e. The number of carbonyl (C=O) groups is 1. The van der Waals surface area contributed by atoms with E-state index in [9.17, 15) is 66.3 Å². The van der Waals surface area contributed by atoms with Crippen LogP contribution in [0.1, 0.15) is 19.3 Å². The molecule has 2 aliphatic carbocycles. The minimum atomic E-state index is -7.13. The number of hydrogen-bond acceptors (Lipinski definition) is 3. The van der Waals surface area contributed by atoms with Gasteiger partial charge in [0.1, 0.15) is 0 Å². The van der Waals surface area contributed by atoms with Crippen LogP contribution in [-0.4, -0.2) is 59.3 Å². The number of fused-ring (bicyclic) bond motifs is 2. The van der Waals surface area contributed by atoms with E-state index in [0.717, 1.165) is 0 Å². The summed E-state index contributed by atoms with van der Waals surface area (Å²) in [6, 6.07) is 0. The molecular formula is C17H14F14O3. The van der Waals surface area contributed by atoms with Gasteiger partial charge >= 0.3 is 30.2 Å². The lowest BCUT2D eigenvalue weighted by molar-refractivity contribution is -0.397. The molecule has 5 atom stereocenters. The van der Waals surface area contributed by atoms with Crippen LogP contribution >= 0.6 is 0 Å². The van der Waals surface area contributed by atoms with Crippen molar-refractivity contribution in [2.45, 2.75) is 67.5 Å². The third-order valence-corrected chi connectivity index (χ3v) is 5.66. The van der Waals surface area contributed by atoms with Crippen LogP contribution in [0.2, 0.25) is 0 Å². The van der Waals surface area contributed by atoms with Gasteiger partial charge in [-0.15, -0.1) is 0 Å². The van der Waals surface area contributed by atoms with E-state index in [2.05, 4.69) is 4.74 Å². The topological polar surface area (TPSA) is 46.5 Å². The van der Waals surface area contributed by atoms with E-state index < -0.39 is 78.4 Å². The minimum absolute atomic E-state index is 0.132. The van der Waals surface area contributed by atoms with Crippen molar-refractivity contribution in [1.29, 1.82) is 0 Å². The van der Waals surface area contributed by atoms with E-state index in [1.165, 1.54) is 12.2 Å². The van der Waals surface area contributed by atoms with Gasteiger partial charge in [-0.25, -0.2) is 17.6 Å². The summed E-state index contributed by atoms with van der Waals surface area (Å²) < 4.78 is 190. The highest BCUT2D eigenvalue weighted by molar-refractivity contribution is 5.74. The molecule has 34 heavy (non-hydrogen) atoms. The third-order valence-electron chi connectivity index (χ3n) is 5.66. The Bertz CT molecular complexity index is 802. The number of rotatable bonds is 8. The van der Waals surface area contributed by atoms with Crippen molar-refractivity contribution in [2.75, 3.05) is 0 Å². The smallest absolute Gasteiger partial charge is 0.449 e. The zero-order valence-electron chi connectivity index (χ0n) is 16.2. The number of alkyl halides is 14. The Morgan fingerprint density at radius 1 is 0.882 bits per heavy atom. The second-order valence-electron chi connectivity index (χ2n) is 8.03. The summed E-state index contributed by atoms with van der Waals surface area (Å²) in [5.41, 5.74) is -6.71. The molecule has 5 unspecified atom stereocenters. The first-order valence-corrected chi connectivity index (χ1v) is 9.15. The SMILES string of the molecule is O=C(OC(C(F)(F)CC(F)(F)C(F)(F)F)C(F)(F)C(O)(C(F)F)C(F)(F)F)C1CC2C=CC1C2. The normalized spacial score (nSPS) is 26.6. The fourth-order valence-corrected chi connectivity index (χ4v) is 3.83. The number of allylic oxidation sites excluding steroid dienone is 2. The second kappa shape index (κ2) is 8.40. The number of esters is 1. The Labute approximate surface area is 180 Å². The maximum absolute atomic E-state index is 14.5. The summed E-state index contributed by atoms with van der Waals surface area (Å²) in [6.07, 6.45) is -26.2. The lowest BCUT2D eigenvalue weighted by Crippen LogP contribution is -2.71. The first-order chi connectivity index (χ1) is 15.0.